The molecule has 0 spiro atoms. The zero-order chi connectivity index (χ0) is 9.42. The minimum absolute atomic E-state index is 0.363. The fourth-order valence-electron chi connectivity index (χ4n) is 1.35. The molecule has 0 fully saturated rings. The van der Waals surface area contributed by atoms with Crippen LogP contribution in [0.1, 0.15) is 11.7 Å². The fourth-order valence-corrected chi connectivity index (χ4v) is 1.35. The van der Waals surface area contributed by atoms with E-state index in [-0.39, 0.29) is 0 Å². The molecule has 1 aromatic rings. The highest BCUT2D eigenvalue weighted by molar-refractivity contribution is 5.74. The largest absolute Gasteiger partial charge is 0.479 e. The number of aliphatic carboxylic acids is 1. The van der Waals surface area contributed by atoms with E-state index in [9.17, 15) is 9.90 Å². The number of carboxylic acid groups (broad SMARTS) is 1. The number of hydrogen-bond donors (Lipinski definition) is 2. The quantitative estimate of drug-likeness (QED) is 0.676. The molecule has 13 heavy (non-hydrogen) atoms. The zero-order valence-corrected chi connectivity index (χ0v) is 6.80. The lowest BCUT2D eigenvalue weighted by molar-refractivity contribution is -0.146. The Morgan fingerprint density at radius 1 is 1.69 bits per heavy atom. The maximum Gasteiger partial charge on any atom is 0.337 e. The van der Waals surface area contributed by atoms with E-state index in [1.807, 2.05) is 0 Å². The van der Waals surface area contributed by atoms with Crippen LogP contribution >= 0.6 is 0 Å². The van der Waals surface area contributed by atoms with Crippen molar-refractivity contribution in [2.45, 2.75) is 12.6 Å². The molecule has 1 atom stereocenters. The van der Waals surface area contributed by atoms with Crippen molar-refractivity contribution in [3.05, 3.63) is 17.8 Å². The maximum absolute atomic E-state index is 10.4. The molecule has 0 aliphatic carbocycles. The third-order valence-corrected chi connectivity index (χ3v) is 2.01. The van der Waals surface area contributed by atoms with Crippen molar-refractivity contribution in [1.29, 1.82) is 0 Å². The summed E-state index contributed by atoms with van der Waals surface area (Å²) in [6.07, 6.45) is 0.142. The van der Waals surface area contributed by atoms with E-state index < -0.39 is 12.1 Å². The Morgan fingerprint density at radius 2 is 2.46 bits per heavy atom. The number of rotatable bonds is 2. The molecule has 0 aromatic carbocycles. The summed E-state index contributed by atoms with van der Waals surface area (Å²) in [5, 5.41) is 17.7. The number of hydrogen-bond acceptors (Lipinski definition) is 3. The molecule has 2 heterocycles. The SMILES string of the molecule is O=C(O)C(O)c1cc2n(c1)CCO2. The molecule has 0 radical (unpaired) electrons. The van der Waals surface area contributed by atoms with Gasteiger partial charge in [0.15, 0.2) is 12.0 Å². The van der Waals surface area contributed by atoms with E-state index in [4.69, 9.17) is 9.84 Å². The van der Waals surface area contributed by atoms with Gasteiger partial charge in [-0.3, -0.25) is 0 Å². The van der Waals surface area contributed by atoms with Gasteiger partial charge in [-0.05, 0) is 0 Å². The Bertz CT molecular complexity index is 322. The monoisotopic (exact) mass is 183 g/mol. The number of carboxylic acids is 1. The summed E-state index contributed by atoms with van der Waals surface area (Å²) in [6.45, 7) is 1.32. The number of carbonyl (C=O) groups is 1. The Kier molecular flexibility index (Phi) is 1.73. The first-order valence-electron chi connectivity index (χ1n) is 3.92. The third-order valence-electron chi connectivity index (χ3n) is 2.01. The summed E-state index contributed by atoms with van der Waals surface area (Å²) in [7, 11) is 0. The highest BCUT2D eigenvalue weighted by atomic mass is 16.5. The predicted octanol–water partition coefficient (Wildman–Crippen LogP) is -0.00150. The second-order valence-electron chi connectivity index (χ2n) is 2.89. The summed E-state index contributed by atoms with van der Waals surface area (Å²) in [6, 6.07) is 1.55. The predicted molar refractivity (Wildman–Crippen MR) is 42.5 cm³/mol. The molecule has 1 aromatic heterocycles. The molecular formula is C8H9NO4. The molecule has 0 amide bonds. The molecule has 1 aliphatic rings. The van der Waals surface area contributed by atoms with Gasteiger partial charge in [0.2, 0.25) is 0 Å². The molecule has 70 valence electrons. The van der Waals surface area contributed by atoms with Gasteiger partial charge in [-0.25, -0.2) is 4.79 Å². The molecule has 0 saturated heterocycles. The lowest BCUT2D eigenvalue weighted by Crippen LogP contribution is -2.09. The average molecular weight is 183 g/mol. The third kappa shape index (κ3) is 1.27. The first kappa shape index (κ1) is 8.12. The van der Waals surface area contributed by atoms with Crippen molar-refractivity contribution in [2.24, 2.45) is 0 Å². The smallest absolute Gasteiger partial charge is 0.337 e. The number of aliphatic hydroxyl groups excluding tert-OH is 1. The number of nitrogens with zero attached hydrogens (tertiary/aromatic N) is 1. The Hall–Kier alpha value is -1.49. The van der Waals surface area contributed by atoms with Crippen molar-refractivity contribution in [1.82, 2.24) is 4.57 Å². The van der Waals surface area contributed by atoms with Gasteiger partial charge in [-0.15, -0.1) is 0 Å². The molecule has 1 aliphatic heterocycles. The van der Waals surface area contributed by atoms with E-state index in [1.54, 1.807) is 16.8 Å². The van der Waals surface area contributed by atoms with Crippen LogP contribution in [0.4, 0.5) is 0 Å². The van der Waals surface area contributed by atoms with Crippen LogP contribution in [-0.4, -0.2) is 27.4 Å². The number of fused-ring (bicyclic) bond motifs is 1. The van der Waals surface area contributed by atoms with Gasteiger partial charge in [-0.1, -0.05) is 0 Å². The Balaban J connectivity index is 2.28. The van der Waals surface area contributed by atoms with Crippen molar-refractivity contribution >= 4 is 5.97 Å². The number of ether oxygens (including phenoxy) is 1. The van der Waals surface area contributed by atoms with Crippen molar-refractivity contribution < 1.29 is 19.7 Å². The highest BCUT2D eigenvalue weighted by Crippen LogP contribution is 2.25. The van der Waals surface area contributed by atoms with Crippen molar-refractivity contribution in [3.63, 3.8) is 0 Å². The van der Waals surface area contributed by atoms with Crippen LogP contribution in [0.15, 0.2) is 12.3 Å². The summed E-state index contributed by atoms with van der Waals surface area (Å²) in [5.41, 5.74) is 0.363. The van der Waals surface area contributed by atoms with Gasteiger partial charge < -0.3 is 19.5 Å². The standard InChI is InChI=1S/C8H9NO4/c10-7(8(11)12)5-3-6-9(4-5)1-2-13-6/h3-4,7,10H,1-2H2,(H,11,12). The molecule has 2 N–H and O–H groups in total. The summed E-state index contributed by atoms with van der Waals surface area (Å²) in [4.78, 5) is 10.4. The van der Waals surface area contributed by atoms with Gasteiger partial charge in [0.25, 0.3) is 0 Å². The summed E-state index contributed by atoms with van der Waals surface area (Å²) < 4.78 is 6.95. The average Bonchev–Trinajstić information content (AvgIpc) is 2.59. The van der Waals surface area contributed by atoms with E-state index >= 15 is 0 Å². The van der Waals surface area contributed by atoms with Gasteiger partial charge in [-0.2, -0.15) is 0 Å². The van der Waals surface area contributed by atoms with Crippen LogP contribution in [0.25, 0.3) is 0 Å². The van der Waals surface area contributed by atoms with E-state index in [0.717, 1.165) is 0 Å². The lowest BCUT2D eigenvalue weighted by Gasteiger charge is -2.00. The second kappa shape index (κ2) is 2.77. The molecule has 0 bridgehead atoms. The molecule has 2 rings (SSSR count). The molecule has 5 nitrogen and oxygen atoms in total. The minimum atomic E-state index is -1.46. The highest BCUT2D eigenvalue weighted by Gasteiger charge is 2.21. The topological polar surface area (TPSA) is 71.7 Å². The first-order chi connectivity index (χ1) is 6.18. The first-order valence-corrected chi connectivity index (χ1v) is 3.92. The number of aliphatic hydroxyl groups is 1. The maximum atomic E-state index is 10.4. The molecular weight excluding hydrogens is 174 g/mol. The van der Waals surface area contributed by atoms with Gasteiger partial charge in [0.1, 0.15) is 6.61 Å². The van der Waals surface area contributed by atoms with E-state index in [2.05, 4.69) is 0 Å². The summed E-state index contributed by atoms with van der Waals surface area (Å²) in [5.74, 6) is -0.625. The Labute approximate surface area is 74.2 Å². The number of aromatic nitrogens is 1. The van der Waals surface area contributed by atoms with Crippen LogP contribution in [0.5, 0.6) is 5.88 Å². The van der Waals surface area contributed by atoms with Crippen LogP contribution in [0.3, 0.4) is 0 Å². The second-order valence-corrected chi connectivity index (χ2v) is 2.89. The normalized spacial score (nSPS) is 16.4. The van der Waals surface area contributed by atoms with Gasteiger partial charge in [0.05, 0.1) is 6.54 Å². The molecule has 0 saturated carbocycles. The molecule has 5 heteroatoms. The summed E-state index contributed by atoms with van der Waals surface area (Å²) >= 11 is 0. The minimum Gasteiger partial charge on any atom is -0.479 e. The fraction of sp³-hybridized carbons (Fsp3) is 0.375. The van der Waals surface area contributed by atoms with Crippen LogP contribution in [0.2, 0.25) is 0 Å². The van der Waals surface area contributed by atoms with Gasteiger partial charge >= 0.3 is 5.97 Å². The Morgan fingerprint density at radius 3 is 3.08 bits per heavy atom. The molecule has 1 unspecified atom stereocenters. The van der Waals surface area contributed by atoms with Crippen molar-refractivity contribution in [3.8, 4) is 5.88 Å². The van der Waals surface area contributed by atoms with E-state index in [1.165, 1.54) is 0 Å². The lowest BCUT2D eigenvalue weighted by atomic mass is 10.2. The van der Waals surface area contributed by atoms with Crippen LogP contribution in [-0.2, 0) is 11.3 Å². The van der Waals surface area contributed by atoms with Gasteiger partial charge in [0, 0.05) is 17.8 Å². The van der Waals surface area contributed by atoms with Crippen LogP contribution < -0.4 is 4.74 Å². The van der Waals surface area contributed by atoms with Crippen molar-refractivity contribution in [2.75, 3.05) is 6.61 Å². The van der Waals surface area contributed by atoms with Crippen LogP contribution in [0, 0.1) is 0 Å². The zero-order valence-electron chi connectivity index (χ0n) is 6.80. The van der Waals surface area contributed by atoms with E-state index in [0.29, 0.717) is 24.6 Å².